The van der Waals surface area contributed by atoms with Crippen molar-refractivity contribution < 1.29 is 29.6 Å². The Labute approximate surface area is 162 Å². The molecule has 2 rings (SSSR count). The lowest BCUT2D eigenvalue weighted by Crippen LogP contribution is -2.46. The van der Waals surface area contributed by atoms with Gasteiger partial charge in [0.2, 0.25) is 5.91 Å². The number of aliphatic hydroxyl groups excluding tert-OH is 1. The van der Waals surface area contributed by atoms with Gasteiger partial charge in [0, 0.05) is 36.9 Å². The molecule has 28 heavy (non-hydrogen) atoms. The summed E-state index contributed by atoms with van der Waals surface area (Å²) in [6, 6.07) is 3.18. The lowest BCUT2D eigenvalue weighted by molar-refractivity contribution is -0.147. The third kappa shape index (κ3) is 5.98. The van der Waals surface area contributed by atoms with Gasteiger partial charge in [-0.15, -0.1) is 0 Å². The molecule has 0 fully saturated rings. The van der Waals surface area contributed by atoms with Gasteiger partial charge in [-0.05, 0) is 31.4 Å². The minimum absolute atomic E-state index is 0.0913. The van der Waals surface area contributed by atoms with Gasteiger partial charge < -0.3 is 30.4 Å². The van der Waals surface area contributed by atoms with Gasteiger partial charge in [-0.3, -0.25) is 4.79 Å². The number of aliphatic hydroxyl groups is 1. The SMILES string of the molecule is CCOC(=O)[C@H](Cc1cnc[nH]1)NC(=O)C(CCO)Cc1ccc(O)cc1O. The standard InChI is InChI=1S/C19H25N3O6/c1-2-28-19(27)16(8-14-10-20-11-21-14)22-18(26)13(5-6-23)7-12-3-4-15(24)9-17(12)25/h3-4,9-11,13,16,23-25H,2,5-8H2,1H3,(H,20,21)(H,22,26)/t13?,16-/m0/s1. The fourth-order valence-corrected chi connectivity index (χ4v) is 2.81. The van der Waals surface area contributed by atoms with E-state index in [1.54, 1.807) is 13.1 Å². The van der Waals surface area contributed by atoms with E-state index in [1.807, 2.05) is 0 Å². The van der Waals surface area contributed by atoms with Crippen molar-refractivity contribution in [3.63, 3.8) is 0 Å². The number of nitrogens with one attached hydrogen (secondary N) is 2. The van der Waals surface area contributed by atoms with Crippen LogP contribution in [0.3, 0.4) is 0 Å². The predicted octanol–water partition coefficient (Wildman–Crippen LogP) is 0.653. The first-order valence-electron chi connectivity index (χ1n) is 9.00. The summed E-state index contributed by atoms with van der Waals surface area (Å²) in [7, 11) is 0. The molecule has 0 bridgehead atoms. The number of phenolic OH excluding ortho intramolecular Hbond substituents is 2. The summed E-state index contributed by atoms with van der Waals surface area (Å²) in [5.41, 5.74) is 1.11. The number of amides is 1. The summed E-state index contributed by atoms with van der Waals surface area (Å²) in [6.45, 7) is 1.62. The lowest BCUT2D eigenvalue weighted by Gasteiger charge is -2.21. The largest absolute Gasteiger partial charge is 0.508 e. The number of phenols is 2. The number of hydrogen-bond donors (Lipinski definition) is 5. The molecule has 2 atom stereocenters. The zero-order valence-electron chi connectivity index (χ0n) is 15.6. The van der Waals surface area contributed by atoms with E-state index in [4.69, 9.17) is 4.74 Å². The number of carbonyl (C=O) groups is 2. The van der Waals surface area contributed by atoms with Crippen molar-refractivity contribution in [3.8, 4) is 11.5 Å². The molecule has 1 amide bonds. The molecular weight excluding hydrogens is 366 g/mol. The van der Waals surface area contributed by atoms with E-state index in [1.165, 1.54) is 24.5 Å². The molecule has 1 unspecified atom stereocenters. The topological polar surface area (TPSA) is 145 Å². The van der Waals surface area contributed by atoms with Crippen LogP contribution in [0.5, 0.6) is 11.5 Å². The van der Waals surface area contributed by atoms with Crippen LogP contribution in [-0.4, -0.2) is 56.4 Å². The number of rotatable bonds is 10. The molecule has 5 N–H and O–H groups in total. The number of nitrogens with zero attached hydrogens (tertiary/aromatic N) is 1. The van der Waals surface area contributed by atoms with Crippen molar-refractivity contribution in [3.05, 3.63) is 42.0 Å². The van der Waals surface area contributed by atoms with Crippen molar-refractivity contribution >= 4 is 11.9 Å². The Balaban J connectivity index is 2.13. The van der Waals surface area contributed by atoms with E-state index in [-0.39, 0.29) is 44.0 Å². The average molecular weight is 391 g/mol. The molecule has 0 aliphatic heterocycles. The van der Waals surface area contributed by atoms with Crippen LogP contribution in [0, 0.1) is 5.92 Å². The number of hydrogen-bond acceptors (Lipinski definition) is 7. The zero-order chi connectivity index (χ0) is 20.5. The fraction of sp³-hybridized carbons (Fsp3) is 0.421. The molecule has 0 saturated heterocycles. The summed E-state index contributed by atoms with van der Waals surface area (Å²) in [6.07, 6.45) is 3.49. The molecular formula is C19H25N3O6. The Hall–Kier alpha value is -3.07. The van der Waals surface area contributed by atoms with Gasteiger partial charge in [-0.25, -0.2) is 9.78 Å². The van der Waals surface area contributed by atoms with Gasteiger partial charge in [0.15, 0.2) is 0 Å². The highest BCUT2D eigenvalue weighted by Crippen LogP contribution is 2.26. The molecule has 2 aromatic rings. The van der Waals surface area contributed by atoms with Crippen LogP contribution in [0.15, 0.2) is 30.7 Å². The highest BCUT2D eigenvalue weighted by Gasteiger charge is 2.27. The maximum Gasteiger partial charge on any atom is 0.329 e. The van der Waals surface area contributed by atoms with Gasteiger partial charge in [0.25, 0.3) is 0 Å². The molecule has 0 saturated carbocycles. The molecule has 0 spiro atoms. The maximum atomic E-state index is 12.8. The van der Waals surface area contributed by atoms with Crippen LogP contribution < -0.4 is 5.32 Å². The smallest absolute Gasteiger partial charge is 0.329 e. The number of aromatic amines is 1. The van der Waals surface area contributed by atoms with Crippen molar-refractivity contribution in [1.82, 2.24) is 15.3 Å². The van der Waals surface area contributed by atoms with E-state index in [0.29, 0.717) is 11.3 Å². The summed E-state index contributed by atoms with van der Waals surface area (Å²) in [5.74, 6) is -1.93. The van der Waals surface area contributed by atoms with Crippen LogP contribution >= 0.6 is 0 Å². The average Bonchev–Trinajstić information content (AvgIpc) is 3.16. The van der Waals surface area contributed by atoms with Crippen molar-refractivity contribution in [1.29, 1.82) is 0 Å². The van der Waals surface area contributed by atoms with Crippen LogP contribution in [0.1, 0.15) is 24.6 Å². The minimum atomic E-state index is -0.914. The van der Waals surface area contributed by atoms with Gasteiger partial charge >= 0.3 is 5.97 Å². The first-order chi connectivity index (χ1) is 13.4. The number of aromatic nitrogens is 2. The molecule has 1 aromatic carbocycles. The summed E-state index contributed by atoms with van der Waals surface area (Å²) in [5, 5.41) is 31.4. The lowest BCUT2D eigenvalue weighted by atomic mass is 9.94. The van der Waals surface area contributed by atoms with E-state index in [9.17, 15) is 24.9 Å². The molecule has 1 aromatic heterocycles. The van der Waals surface area contributed by atoms with Crippen LogP contribution in [-0.2, 0) is 27.2 Å². The number of carbonyl (C=O) groups excluding carboxylic acids is 2. The van der Waals surface area contributed by atoms with E-state index in [0.717, 1.165) is 0 Å². The number of ether oxygens (including phenoxy) is 1. The Morgan fingerprint density at radius 1 is 1.29 bits per heavy atom. The summed E-state index contributed by atoms with van der Waals surface area (Å²) < 4.78 is 5.04. The van der Waals surface area contributed by atoms with Crippen molar-refractivity contribution in [2.75, 3.05) is 13.2 Å². The second-order valence-electron chi connectivity index (χ2n) is 6.32. The Bertz CT molecular complexity index is 778. The van der Waals surface area contributed by atoms with E-state index < -0.39 is 23.8 Å². The first-order valence-corrected chi connectivity index (χ1v) is 9.00. The number of esters is 1. The quantitative estimate of drug-likeness (QED) is 0.374. The van der Waals surface area contributed by atoms with E-state index >= 15 is 0 Å². The molecule has 0 aliphatic carbocycles. The number of imidazole rings is 1. The summed E-state index contributed by atoms with van der Waals surface area (Å²) >= 11 is 0. The Morgan fingerprint density at radius 3 is 2.68 bits per heavy atom. The molecule has 0 aliphatic rings. The van der Waals surface area contributed by atoms with Crippen LogP contribution in [0.25, 0.3) is 0 Å². The highest BCUT2D eigenvalue weighted by atomic mass is 16.5. The predicted molar refractivity (Wildman–Crippen MR) is 99.5 cm³/mol. The second kappa shape index (κ2) is 10.3. The molecule has 152 valence electrons. The molecule has 9 nitrogen and oxygen atoms in total. The normalized spacial score (nSPS) is 12.9. The zero-order valence-corrected chi connectivity index (χ0v) is 15.6. The van der Waals surface area contributed by atoms with Gasteiger partial charge in [-0.2, -0.15) is 0 Å². The third-order valence-electron chi connectivity index (χ3n) is 4.25. The highest BCUT2D eigenvalue weighted by molar-refractivity contribution is 5.86. The van der Waals surface area contributed by atoms with Crippen LogP contribution in [0.2, 0.25) is 0 Å². The first kappa shape index (κ1) is 21.2. The van der Waals surface area contributed by atoms with Crippen molar-refractivity contribution in [2.45, 2.75) is 32.2 Å². The fourth-order valence-electron chi connectivity index (χ4n) is 2.81. The number of benzene rings is 1. The Morgan fingerprint density at radius 2 is 2.07 bits per heavy atom. The van der Waals surface area contributed by atoms with Gasteiger partial charge in [-0.1, -0.05) is 6.07 Å². The molecule has 0 radical (unpaired) electrons. The molecule has 1 heterocycles. The summed E-state index contributed by atoms with van der Waals surface area (Å²) in [4.78, 5) is 31.8. The van der Waals surface area contributed by atoms with Gasteiger partial charge in [0.1, 0.15) is 17.5 Å². The minimum Gasteiger partial charge on any atom is -0.508 e. The number of aromatic hydroxyl groups is 2. The maximum absolute atomic E-state index is 12.8. The van der Waals surface area contributed by atoms with Crippen LogP contribution in [0.4, 0.5) is 0 Å². The third-order valence-corrected chi connectivity index (χ3v) is 4.25. The van der Waals surface area contributed by atoms with Gasteiger partial charge in [0.05, 0.1) is 12.9 Å². The second-order valence-corrected chi connectivity index (χ2v) is 6.32. The number of H-pyrrole nitrogens is 1. The van der Waals surface area contributed by atoms with Crippen molar-refractivity contribution in [2.24, 2.45) is 5.92 Å². The van der Waals surface area contributed by atoms with E-state index in [2.05, 4.69) is 15.3 Å². The monoisotopic (exact) mass is 391 g/mol. The molecule has 9 heteroatoms. The Kier molecular flexibility index (Phi) is 7.82.